The summed E-state index contributed by atoms with van der Waals surface area (Å²) in [7, 11) is 3.11. The number of nitrogens with zero attached hydrogens (tertiary/aromatic N) is 3. The highest BCUT2D eigenvalue weighted by molar-refractivity contribution is 5.59. The number of aryl methyl sites for hydroxylation is 1. The second-order valence-electron chi connectivity index (χ2n) is 5.62. The van der Waals surface area contributed by atoms with Gasteiger partial charge in [-0.2, -0.15) is 4.98 Å². The number of anilines is 2. The van der Waals surface area contributed by atoms with Gasteiger partial charge in [0.05, 0.1) is 27.0 Å². The molecule has 0 atom stereocenters. The number of aromatic nitrogens is 3. The van der Waals surface area contributed by atoms with Crippen molar-refractivity contribution in [3.8, 4) is 17.3 Å². The number of rotatable bonds is 6. The largest absolute Gasteiger partial charge is 0.497 e. The number of aliphatic hydroxyl groups is 1. The summed E-state index contributed by atoms with van der Waals surface area (Å²) in [6.07, 6.45) is 4.43. The normalized spacial score (nSPS) is 10.7. The molecule has 0 bridgehead atoms. The van der Waals surface area contributed by atoms with Gasteiger partial charge >= 0.3 is 0 Å². The Morgan fingerprint density at radius 2 is 1.85 bits per heavy atom. The summed E-state index contributed by atoms with van der Waals surface area (Å²) < 4.78 is 26.2. The van der Waals surface area contributed by atoms with E-state index in [1.165, 1.54) is 4.57 Å². The predicted molar refractivity (Wildman–Crippen MR) is 94.8 cm³/mol. The molecule has 0 aliphatic heterocycles. The van der Waals surface area contributed by atoms with Gasteiger partial charge in [0.1, 0.15) is 11.5 Å². The fraction of sp³-hybridized carbons (Fsp3) is 0.222. The van der Waals surface area contributed by atoms with Crippen LogP contribution in [0.4, 0.5) is 16.0 Å². The first-order chi connectivity index (χ1) is 12.5. The molecule has 136 valence electrons. The zero-order chi connectivity index (χ0) is 18.7. The molecule has 0 aliphatic carbocycles. The van der Waals surface area contributed by atoms with E-state index in [2.05, 4.69) is 15.3 Å². The van der Waals surface area contributed by atoms with Crippen LogP contribution in [0.3, 0.4) is 0 Å². The van der Waals surface area contributed by atoms with Gasteiger partial charge < -0.3 is 24.5 Å². The van der Waals surface area contributed by atoms with Crippen LogP contribution >= 0.6 is 0 Å². The minimum absolute atomic E-state index is 0.0835. The Morgan fingerprint density at radius 1 is 1.15 bits per heavy atom. The quantitative estimate of drug-likeness (QED) is 0.705. The van der Waals surface area contributed by atoms with Crippen LogP contribution in [0.15, 0.2) is 36.8 Å². The Labute approximate surface area is 150 Å². The van der Waals surface area contributed by atoms with Crippen molar-refractivity contribution < 1.29 is 19.0 Å². The van der Waals surface area contributed by atoms with E-state index in [0.717, 1.165) is 11.8 Å². The van der Waals surface area contributed by atoms with Crippen LogP contribution in [0.25, 0.3) is 5.82 Å². The lowest BCUT2D eigenvalue weighted by atomic mass is 10.2. The maximum Gasteiger partial charge on any atom is 0.229 e. The van der Waals surface area contributed by atoms with Gasteiger partial charge in [-0.1, -0.05) is 0 Å². The van der Waals surface area contributed by atoms with Crippen molar-refractivity contribution >= 4 is 11.6 Å². The molecule has 2 aromatic heterocycles. The highest BCUT2D eigenvalue weighted by Gasteiger charge is 2.12. The molecule has 2 heterocycles. The summed E-state index contributed by atoms with van der Waals surface area (Å²) >= 11 is 0. The second-order valence-corrected chi connectivity index (χ2v) is 5.62. The number of halogens is 1. The molecule has 0 amide bonds. The van der Waals surface area contributed by atoms with Crippen molar-refractivity contribution in [2.75, 3.05) is 19.5 Å². The average Bonchev–Trinajstić information content (AvgIpc) is 3.03. The van der Waals surface area contributed by atoms with E-state index < -0.39 is 5.82 Å². The molecule has 1 aromatic carbocycles. The lowest BCUT2D eigenvalue weighted by molar-refractivity contribution is 0.281. The monoisotopic (exact) mass is 358 g/mol. The first kappa shape index (κ1) is 17.7. The summed E-state index contributed by atoms with van der Waals surface area (Å²) in [5, 5.41) is 12.3. The third kappa shape index (κ3) is 3.60. The van der Waals surface area contributed by atoms with E-state index in [1.54, 1.807) is 44.8 Å². The number of hydrogen-bond acceptors (Lipinski definition) is 6. The Balaban J connectivity index is 1.95. The maximum atomic E-state index is 14.2. The Hall–Kier alpha value is -3.13. The van der Waals surface area contributed by atoms with Crippen molar-refractivity contribution in [2.24, 2.45) is 0 Å². The highest BCUT2D eigenvalue weighted by Crippen LogP contribution is 2.27. The van der Waals surface area contributed by atoms with Crippen LogP contribution in [-0.2, 0) is 6.61 Å². The highest BCUT2D eigenvalue weighted by atomic mass is 19.1. The van der Waals surface area contributed by atoms with Gasteiger partial charge in [-0.05, 0) is 18.1 Å². The zero-order valence-electron chi connectivity index (χ0n) is 14.7. The van der Waals surface area contributed by atoms with Crippen LogP contribution in [0.2, 0.25) is 0 Å². The number of benzene rings is 1. The lowest BCUT2D eigenvalue weighted by Gasteiger charge is -2.11. The summed E-state index contributed by atoms with van der Waals surface area (Å²) in [4.78, 5) is 8.22. The van der Waals surface area contributed by atoms with E-state index in [0.29, 0.717) is 22.7 Å². The molecule has 0 spiro atoms. The molecule has 0 unspecified atom stereocenters. The molecule has 26 heavy (non-hydrogen) atoms. The van der Waals surface area contributed by atoms with E-state index in [9.17, 15) is 9.50 Å². The molecule has 3 rings (SSSR count). The van der Waals surface area contributed by atoms with Crippen LogP contribution in [0.1, 0.15) is 11.1 Å². The predicted octanol–water partition coefficient (Wildman–Crippen LogP) is 2.97. The van der Waals surface area contributed by atoms with Crippen molar-refractivity contribution in [2.45, 2.75) is 13.5 Å². The molecular weight excluding hydrogens is 339 g/mol. The minimum atomic E-state index is -0.571. The van der Waals surface area contributed by atoms with Gasteiger partial charge in [0, 0.05) is 36.3 Å². The SMILES string of the molecule is COc1cc(Nc2ncc(F)c(-n3cc(C)c(CO)c3)n2)cc(OC)c1. The minimum Gasteiger partial charge on any atom is -0.497 e. The molecule has 0 saturated heterocycles. The number of ether oxygens (including phenoxy) is 2. The van der Waals surface area contributed by atoms with Gasteiger partial charge in [0.25, 0.3) is 0 Å². The molecule has 7 nitrogen and oxygen atoms in total. The van der Waals surface area contributed by atoms with E-state index in [4.69, 9.17) is 9.47 Å². The third-order valence-corrected chi connectivity index (χ3v) is 3.88. The van der Waals surface area contributed by atoms with Crippen molar-refractivity contribution in [3.63, 3.8) is 0 Å². The summed E-state index contributed by atoms with van der Waals surface area (Å²) in [6, 6.07) is 5.23. The third-order valence-electron chi connectivity index (χ3n) is 3.88. The summed E-state index contributed by atoms with van der Waals surface area (Å²) in [5.74, 6) is 0.928. The van der Waals surface area contributed by atoms with Gasteiger partial charge in [0.2, 0.25) is 5.95 Å². The molecular formula is C18H19FN4O3. The van der Waals surface area contributed by atoms with Crippen molar-refractivity contribution in [3.05, 3.63) is 53.7 Å². The van der Waals surface area contributed by atoms with Crippen molar-refractivity contribution in [1.82, 2.24) is 14.5 Å². The summed E-state index contributed by atoms with van der Waals surface area (Å²) in [5.41, 5.74) is 2.19. The first-order valence-corrected chi connectivity index (χ1v) is 7.85. The molecule has 0 fully saturated rings. The van der Waals surface area contributed by atoms with Crippen LogP contribution < -0.4 is 14.8 Å². The van der Waals surface area contributed by atoms with Gasteiger partial charge in [-0.25, -0.2) is 9.37 Å². The van der Waals surface area contributed by atoms with E-state index in [1.807, 2.05) is 6.92 Å². The fourth-order valence-electron chi connectivity index (χ4n) is 2.49. The smallest absolute Gasteiger partial charge is 0.229 e. The average molecular weight is 358 g/mol. The number of aliphatic hydroxyl groups excluding tert-OH is 1. The van der Waals surface area contributed by atoms with Gasteiger partial charge in [-0.15, -0.1) is 0 Å². The Kier molecular flexibility index (Phi) is 5.04. The standard InChI is InChI=1S/C18H19FN4O3/c1-11-8-23(9-12(11)10-24)17-16(19)7-20-18(22-17)21-13-4-14(25-2)6-15(5-13)26-3/h4-9,24H,10H2,1-3H3,(H,20,21,22). The van der Waals surface area contributed by atoms with Crippen molar-refractivity contribution in [1.29, 1.82) is 0 Å². The molecule has 8 heteroatoms. The molecule has 0 saturated carbocycles. The summed E-state index contributed by atoms with van der Waals surface area (Å²) in [6.45, 7) is 1.71. The van der Waals surface area contributed by atoms with E-state index in [-0.39, 0.29) is 18.4 Å². The van der Waals surface area contributed by atoms with Gasteiger partial charge in [-0.3, -0.25) is 0 Å². The Bertz CT molecular complexity index is 905. The van der Waals surface area contributed by atoms with E-state index >= 15 is 0 Å². The molecule has 3 aromatic rings. The molecule has 2 N–H and O–H groups in total. The number of methoxy groups -OCH3 is 2. The van der Waals surface area contributed by atoms with Crippen LogP contribution in [-0.4, -0.2) is 33.9 Å². The van der Waals surface area contributed by atoms with Gasteiger partial charge in [0.15, 0.2) is 11.6 Å². The number of nitrogens with one attached hydrogen (secondary N) is 1. The lowest BCUT2D eigenvalue weighted by Crippen LogP contribution is -2.05. The molecule has 0 aliphatic rings. The first-order valence-electron chi connectivity index (χ1n) is 7.85. The number of hydrogen-bond donors (Lipinski definition) is 2. The Morgan fingerprint density at radius 3 is 2.42 bits per heavy atom. The van der Waals surface area contributed by atoms with Crippen LogP contribution in [0.5, 0.6) is 11.5 Å². The maximum absolute atomic E-state index is 14.2. The molecule has 0 radical (unpaired) electrons. The zero-order valence-corrected chi connectivity index (χ0v) is 14.7. The topological polar surface area (TPSA) is 81.4 Å². The second kappa shape index (κ2) is 7.40. The fourth-order valence-corrected chi connectivity index (χ4v) is 2.49. The van der Waals surface area contributed by atoms with Crippen LogP contribution in [0, 0.1) is 12.7 Å².